The van der Waals surface area contributed by atoms with Crippen LogP contribution < -0.4 is 10.9 Å². The van der Waals surface area contributed by atoms with Gasteiger partial charge in [-0.3, -0.25) is 9.36 Å². The van der Waals surface area contributed by atoms with E-state index in [1.54, 1.807) is 22.0 Å². The second-order valence-corrected chi connectivity index (χ2v) is 6.91. The van der Waals surface area contributed by atoms with Gasteiger partial charge in [0.15, 0.2) is 0 Å². The third-order valence-corrected chi connectivity index (χ3v) is 4.99. The van der Waals surface area contributed by atoms with Gasteiger partial charge in [0, 0.05) is 17.5 Å². The molecule has 0 aliphatic heterocycles. The summed E-state index contributed by atoms with van der Waals surface area (Å²) in [5.41, 5.74) is 1.31. The summed E-state index contributed by atoms with van der Waals surface area (Å²) >= 11 is 1.69. The van der Waals surface area contributed by atoms with E-state index in [1.165, 1.54) is 23.3 Å². The Morgan fingerprint density at radius 1 is 1.43 bits per heavy atom. The number of thiophene rings is 1. The summed E-state index contributed by atoms with van der Waals surface area (Å²) in [5, 5.41) is 4.12. The Labute approximate surface area is 128 Å². The number of anilines is 1. The van der Waals surface area contributed by atoms with Crippen LogP contribution in [-0.4, -0.2) is 15.6 Å². The zero-order valence-electron chi connectivity index (χ0n) is 12.6. The molecule has 0 atom stereocenters. The third kappa shape index (κ3) is 2.50. The summed E-state index contributed by atoms with van der Waals surface area (Å²) in [4.78, 5) is 19.9. The van der Waals surface area contributed by atoms with Gasteiger partial charge >= 0.3 is 0 Å². The Bertz CT molecular complexity index is 742. The Balaban J connectivity index is 2.26. The molecule has 0 saturated carbocycles. The van der Waals surface area contributed by atoms with Crippen LogP contribution in [0.15, 0.2) is 17.4 Å². The van der Waals surface area contributed by atoms with Crippen LogP contribution >= 0.6 is 11.3 Å². The standard InChI is InChI=1S/C16H21N3OS/c1-4-9-19-15(20)13-11-7-5-6-8-12(11)21-14(13)18-16(19)17-10(2)3/h4,10H,1,5-9H2,2-3H3,(H,17,18). The highest BCUT2D eigenvalue weighted by atomic mass is 32.1. The fourth-order valence-electron chi connectivity index (χ4n) is 2.91. The zero-order chi connectivity index (χ0) is 15.0. The second kappa shape index (κ2) is 5.64. The average Bonchev–Trinajstić information content (AvgIpc) is 2.80. The van der Waals surface area contributed by atoms with Crippen LogP contribution in [0.1, 0.15) is 37.1 Å². The van der Waals surface area contributed by atoms with Gasteiger partial charge in [-0.05, 0) is 45.1 Å². The Hall–Kier alpha value is -1.62. The number of hydrogen-bond donors (Lipinski definition) is 1. The van der Waals surface area contributed by atoms with Crippen molar-refractivity contribution in [3.05, 3.63) is 33.4 Å². The quantitative estimate of drug-likeness (QED) is 0.881. The predicted octanol–water partition coefficient (Wildman–Crippen LogP) is 3.34. The lowest BCUT2D eigenvalue weighted by Crippen LogP contribution is -2.27. The minimum atomic E-state index is 0.0717. The Kier molecular flexibility index (Phi) is 3.85. The molecule has 3 rings (SSSR count). The second-order valence-electron chi connectivity index (χ2n) is 5.83. The van der Waals surface area contributed by atoms with Gasteiger partial charge < -0.3 is 5.32 Å². The molecule has 0 amide bonds. The van der Waals surface area contributed by atoms with Gasteiger partial charge in [-0.25, -0.2) is 4.98 Å². The molecule has 0 aromatic carbocycles. The topological polar surface area (TPSA) is 46.9 Å². The van der Waals surface area contributed by atoms with Gasteiger partial charge in [-0.15, -0.1) is 17.9 Å². The average molecular weight is 303 g/mol. The van der Waals surface area contributed by atoms with Gasteiger partial charge in [0.1, 0.15) is 4.83 Å². The number of aromatic nitrogens is 2. The first-order chi connectivity index (χ1) is 10.1. The van der Waals surface area contributed by atoms with E-state index in [0.717, 1.165) is 23.1 Å². The number of nitrogens with one attached hydrogen (secondary N) is 1. The summed E-state index contributed by atoms with van der Waals surface area (Å²) in [6.07, 6.45) is 6.24. The van der Waals surface area contributed by atoms with E-state index in [9.17, 15) is 4.79 Å². The molecule has 112 valence electrons. The van der Waals surface area contributed by atoms with E-state index < -0.39 is 0 Å². The number of aryl methyl sites for hydroxylation is 2. The number of nitrogens with zero attached hydrogens (tertiary/aromatic N) is 2. The Morgan fingerprint density at radius 2 is 2.19 bits per heavy atom. The predicted molar refractivity (Wildman–Crippen MR) is 89.5 cm³/mol. The van der Waals surface area contributed by atoms with Crippen LogP contribution in [0.25, 0.3) is 10.2 Å². The van der Waals surface area contributed by atoms with Crippen LogP contribution in [0.2, 0.25) is 0 Å². The van der Waals surface area contributed by atoms with Crippen molar-refractivity contribution < 1.29 is 0 Å². The van der Waals surface area contributed by atoms with Crippen LogP contribution in [0.5, 0.6) is 0 Å². The molecule has 2 aromatic rings. The van der Waals surface area contributed by atoms with Crippen LogP contribution in [0.3, 0.4) is 0 Å². The highest BCUT2D eigenvalue weighted by Gasteiger charge is 2.21. The van der Waals surface area contributed by atoms with Crippen molar-refractivity contribution in [2.75, 3.05) is 5.32 Å². The van der Waals surface area contributed by atoms with Gasteiger partial charge in [-0.1, -0.05) is 6.08 Å². The summed E-state index contributed by atoms with van der Waals surface area (Å²) in [6, 6.07) is 0.236. The number of rotatable bonds is 4. The van der Waals surface area contributed by atoms with Crippen molar-refractivity contribution >= 4 is 27.5 Å². The molecule has 1 aliphatic rings. The van der Waals surface area contributed by atoms with Crippen molar-refractivity contribution in [2.24, 2.45) is 0 Å². The van der Waals surface area contributed by atoms with Crippen LogP contribution in [0, 0.1) is 0 Å². The Morgan fingerprint density at radius 3 is 2.90 bits per heavy atom. The zero-order valence-corrected chi connectivity index (χ0v) is 13.4. The molecule has 1 N–H and O–H groups in total. The molecule has 0 fully saturated rings. The molecule has 2 aromatic heterocycles. The molecule has 21 heavy (non-hydrogen) atoms. The molecule has 0 unspecified atom stereocenters. The van der Waals surface area contributed by atoms with Gasteiger partial charge in [0.05, 0.1) is 5.39 Å². The summed E-state index contributed by atoms with van der Waals surface area (Å²) in [7, 11) is 0. The lowest BCUT2D eigenvalue weighted by molar-refractivity contribution is 0.698. The SMILES string of the molecule is C=CCn1c(NC(C)C)nc2sc3c(c2c1=O)CCCC3. The smallest absolute Gasteiger partial charge is 0.264 e. The highest BCUT2D eigenvalue weighted by molar-refractivity contribution is 7.18. The van der Waals surface area contributed by atoms with E-state index >= 15 is 0 Å². The molecular weight excluding hydrogens is 282 g/mol. The number of allylic oxidation sites excluding steroid dienone is 1. The van der Waals surface area contributed by atoms with E-state index in [2.05, 4.69) is 11.9 Å². The fourth-order valence-corrected chi connectivity index (χ4v) is 4.16. The molecule has 5 heteroatoms. The van der Waals surface area contributed by atoms with Crippen molar-refractivity contribution in [3.63, 3.8) is 0 Å². The van der Waals surface area contributed by atoms with E-state index in [4.69, 9.17) is 4.98 Å². The first kappa shape index (κ1) is 14.3. The molecule has 0 radical (unpaired) electrons. The molecule has 0 saturated heterocycles. The van der Waals surface area contributed by atoms with Gasteiger partial charge in [0.2, 0.25) is 5.95 Å². The molecule has 2 heterocycles. The lowest BCUT2D eigenvalue weighted by Gasteiger charge is -2.15. The molecule has 1 aliphatic carbocycles. The van der Waals surface area contributed by atoms with Gasteiger partial charge in [0.25, 0.3) is 5.56 Å². The summed E-state index contributed by atoms with van der Waals surface area (Å²) in [6.45, 7) is 8.35. The third-order valence-electron chi connectivity index (χ3n) is 3.80. The van der Waals surface area contributed by atoms with Crippen molar-refractivity contribution in [1.29, 1.82) is 0 Å². The molecule has 0 spiro atoms. The largest absolute Gasteiger partial charge is 0.353 e. The molecule has 4 nitrogen and oxygen atoms in total. The highest BCUT2D eigenvalue weighted by Crippen LogP contribution is 2.34. The van der Waals surface area contributed by atoms with Crippen molar-refractivity contribution in [1.82, 2.24) is 9.55 Å². The fraction of sp³-hybridized carbons (Fsp3) is 0.500. The van der Waals surface area contributed by atoms with E-state index in [0.29, 0.717) is 12.5 Å². The number of fused-ring (bicyclic) bond motifs is 3. The van der Waals surface area contributed by atoms with Crippen molar-refractivity contribution in [2.45, 2.75) is 52.1 Å². The number of hydrogen-bond acceptors (Lipinski definition) is 4. The summed E-state index contributed by atoms with van der Waals surface area (Å²) < 4.78 is 1.71. The molecular formula is C16H21N3OS. The lowest BCUT2D eigenvalue weighted by atomic mass is 9.97. The van der Waals surface area contributed by atoms with E-state index in [1.807, 2.05) is 13.8 Å². The summed E-state index contributed by atoms with van der Waals surface area (Å²) in [5.74, 6) is 0.654. The normalized spacial score (nSPS) is 14.4. The maximum absolute atomic E-state index is 12.9. The minimum Gasteiger partial charge on any atom is -0.353 e. The van der Waals surface area contributed by atoms with E-state index in [-0.39, 0.29) is 11.6 Å². The van der Waals surface area contributed by atoms with Gasteiger partial charge in [-0.2, -0.15) is 0 Å². The van der Waals surface area contributed by atoms with Crippen LogP contribution in [0.4, 0.5) is 5.95 Å². The minimum absolute atomic E-state index is 0.0717. The maximum atomic E-state index is 12.9. The maximum Gasteiger partial charge on any atom is 0.264 e. The molecule has 0 bridgehead atoms. The first-order valence-corrected chi connectivity index (χ1v) is 8.36. The van der Waals surface area contributed by atoms with Crippen molar-refractivity contribution in [3.8, 4) is 0 Å². The monoisotopic (exact) mass is 303 g/mol. The first-order valence-electron chi connectivity index (χ1n) is 7.54. The van der Waals surface area contributed by atoms with Crippen LogP contribution in [-0.2, 0) is 19.4 Å².